The summed E-state index contributed by atoms with van der Waals surface area (Å²) >= 11 is 0. The molecule has 0 bridgehead atoms. The van der Waals surface area contributed by atoms with E-state index in [1.165, 1.54) is 0 Å². The Hall–Kier alpha value is -2.27. The highest BCUT2D eigenvalue weighted by atomic mass is 16.3. The van der Waals surface area contributed by atoms with E-state index in [1.807, 2.05) is 50.3 Å². The summed E-state index contributed by atoms with van der Waals surface area (Å²) in [4.78, 5) is 12.1. The van der Waals surface area contributed by atoms with Crippen molar-refractivity contribution in [3.63, 3.8) is 0 Å². The van der Waals surface area contributed by atoms with Crippen molar-refractivity contribution in [1.29, 1.82) is 0 Å². The van der Waals surface area contributed by atoms with Crippen LogP contribution >= 0.6 is 0 Å². The van der Waals surface area contributed by atoms with Gasteiger partial charge >= 0.3 is 6.03 Å². The molecule has 1 aromatic heterocycles. The fourth-order valence-electron chi connectivity index (χ4n) is 3.10. The summed E-state index contributed by atoms with van der Waals surface area (Å²) in [5.41, 5.74) is 1.88. The summed E-state index contributed by atoms with van der Waals surface area (Å²) in [7, 11) is 0. The zero-order valence-electron chi connectivity index (χ0n) is 13.4. The number of para-hydroxylation sites is 1. The number of carbonyl (C=O) groups excluding carboxylic acids is 1. The van der Waals surface area contributed by atoms with Crippen LogP contribution < -0.4 is 10.6 Å². The van der Waals surface area contributed by atoms with E-state index in [9.17, 15) is 4.79 Å². The zero-order chi connectivity index (χ0) is 16.4. The molecule has 1 unspecified atom stereocenters. The average molecular weight is 314 g/mol. The number of aliphatic hydroxyl groups excluding tert-OH is 1. The number of rotatable bonds is 4. The maximum absolute atomic E-state index is 12.1. The molecule has 3 atom stereocenters. The third-order valence-electron chi connectivity index (χ3n) is 4.34. The predicted molar refractivity (Wildman–Crippen MR) is 89.2 cm³/mol. The molecular weight excluding hydrogens is 292 g/mol. The predicted octanol–water partition coefficient (Wildman–Crippen LogP) is 3.04. The maximum atomic E-state index is 12.1. The van der Waals surface area contributed by atoms with Gasteiger partial charge in [0.05, 0.1) is 6.04 Å². The minimum Gasteiger partial charge on any atom is -0.459 e. The Bertz CT molecular complexity index is 735. The lowest BCUT2D eigenvalue weighted by Gasteiger charge is -2.17. The molecule has 0 saturated carbocycles. The number of hydrogen-bond donors (Lipinski definition) is 3. The van der Waals surface area contributed by atoms with E-state index in [1.54, 1.807) is 0 Å². The molecule has 3 rings (SSSR count). The molecule has 122 valence electrons. The van der Waals surface area contributed by atoms with Crippen molar-refractivity contribution in [2.24, 2.45) is 5.92 Å². The number of amides is 2. The Morgan fingerprint density at radius 2 is 2.17 bits per heavy atom. The molecule has 1 aliphatic carbocycles. The first-order valence-corrected chi connectivity index (χ1v) is 7.92. The van der Waals surface area contributed by atoms with Crippen molar-refractivity contribution >= 4 is 17.0 Å². The van der Waals surface area contributed by atoms with E-state index in [4.69, 9.17) is 9.52 Å². The van der Waals surface area contributed by atoms with Gasteiger partial charge < -0.3 is 20.2 Å². The van der Waals surface area contributed by atoms with E-state index in [-0.39, 0.29) is 30.6 Å². The van der Waals surface area contributed by atoms with E-state index in [0.717, 1.165) is 28.7 Å². The van der Waals surface area contributed by atoms with Crippen molar-refractivity contribution in [1.82, 2.24) is 10.6 Å². The van der Waals surface area contributed by atoms with Crippen LogP contribution in [0.15, 0.2) is 40.8 Å². The molecule has 0 spiro atoms. The van der Waals surface area contributed by atoms with Crippen LogP contribution in [0.5, 0.6) is 0 Å². The first-order chi connectivity index (χ1) is 11.1. The smallest absolute Gasteiger partial charge is 0.315 e. The molecule has 1 aliphatic rings. The summed E-state index contributed by atoms with van der Waals surface area (Å²) in [5.74, 6) is 0.909. The second-order valence-electron chi connectivity index (χ2n) is 6.10. The summed E-state index contributed by atoms with van der Waals surface area (Å²) in [6, 6.07) is 7.37. The van der Waals surface area contributed by atoms with Gasteiger partial charge in [-0.25, -0.2) is 4.79 Å². The molecular formula is C18H22N2O3. The molecule has 5 heteroatoms. The summed E-state index contributed by atoms with van der Waals surface area (Å²) < 4.78 is 5.88. The Morgan fingerprint density at radius 3 is 2.87 bits per heavy atom. The monoisotopic (exact) mass is 314 g/mol. The van der Waals surface area contributed by atoms with E-state index in [0.29, 0.717) is 0 Å². The van der Waals surface area contributed by atoms with E-state index in [2.05, 4.69) is 10.6 Å². The molecule has 0 fully saturated rings. The number of aryl methyl sites for hydroxylation is 1. The van der Waals surface area contributed by atoms with Gasteiger partial charge in [0.15, 0.2) is 0 Å². The van der Waals surface area contributed by atoms with Crippen molar-refractivity contribution in [3.8, 4) is 0 Å². The van der Waals surface area contributed by atoms with Gasteiger partial charge in [-0.15, -0.1) is 0 Å². The van der Waals surface area contributed by atoms with Gasteiger partial charge in [-0.05, 0) is 26.3 Å². The maximum Gasteiger partial charge on any atom is 0.315 e. The summed E-state index contributed by atoms with van der Waals surface area (Å²) in [6.07, 6.45) is 4.61. The number of aliphatic hydroxyl groups is 1. The van der Waals surface area contributed by atoms with Crippen LogP contribution in [-0.2, 0) is 0 Å². The van der Waals surface area contributed by atoms with Crippen LogP contribution in [-0.4, -0.2) is 23.8 Å². The lowest BCUT2D eigenvalue weighted by Crippen LogP contribution is -2.42. The van der Waals surface area contributed by atoms with Crippen molar-refractivity contribution in [2.75, 3.05) is 6.61 Å². The highest BCUT2D eigenvalue weighted by Crippen LogP contribution is 2.29. The third-order valence-corrected chi connectivity index (χ3v) is 4.34. The van der Waals surface area contributed by atoms with Crippen molar-refractivity contribution in [2.45, 2.75) is 32.4 Å². The standard InChI is InChI=1S/C18H22N2O3/c1-11-15-5-3-4-6-16(15)23-17(11)12(2)19-18(22)20-14-8-7-13(9-14)10-21/h3-8,12-14,21H,9-10H2,1-2H3,(H2,19,20,22)/t12?,13-,14+/m0/s1. The van der Waals surface area contributed by atoms with Crippen LogP contribution in [0.3, 0.4) is 0 Å². The second kappa shape index (κ2) is 6.46. The van der Waals surface area contributed by atoms with Gasteiger partial charge in [-0.3, -0.25) is 0 Å². The summed E-state index contributed by atoms with van der Waals surface area (Å²) in [6.45, 7) is 4.03. The van der Waals surface area contributed by atoms with Crippen LogP contribution in [0.2, 0.25) is 0 Å². The summed E-state index contributed by atoms with van der Waals surface area (Å²) in [5, 5.41) is 16.0. The lowest BCUT2D eigenvalue weighted by molar-refractivity contribution is 0.228. The van der Waals surface area contributed by atoms with Gasteiger partial charge in [0.1, 0.15) is 11.3 Å². The third kappa shape index (κ3) is 3.24. The van der Waals surface area contributed by atoms with Crippen LogP contribution in [0.1, 0.15) is 30.7 Å². The van der Waals surface area contributed by atoms with Crippen LogP contribution in [0, 0.1) is 12.8 Å². The number of benzene rings is 1. The molecule has 2 amide bonds. The molecule has 0 radical (unpaired) electrons. The number of nitrogens with one attached hydrogen (secondary N) is 2. The Kier molecular flexibility index (Phi) is 4.39. The molecule has 3 N–H and O–H groups in total. The number of furan rings is 1. The van der Waals surface area contributed by atoms with Crippen LogP contribution in [0.4, 0.5) is 4.79 Å². The molecule has 0 aliphatic heterocycles. The van der Waals surface area contributed by atoms with Gasteiger partial charge in [-0.2, -0.15) is 0 Å². The molecule has 0 saturated heterocycles. The molecule has 1 aromatic carbocycles. The minimum absolute atomic E-state index is 0.0314. The average Bonchev–Trinajstić information content (AvgIpc) is 3.12. The highest BCUT2D eigenvalue weighted by Gasteiger charge is 2.22. The Morgan fingerprint density at radius 1 is 1.39 bits per heavy atom. The van der Waals surface area contributed by atoms with E-state index < -0.39 is 0 Å². The molecule has 1 heterocycles. The normalized spacial score (nSPS) is 21.5. The largest absolute Gasteiger partial charge is 0.459 e. The number of urea groups is 1. The quantitative estimate of drug-likeness (QED) is 0.759. The number of carbonyl (C=O) groups is 1. The first kappa shape index (κ1) is 15.6. The lowest BCUT2D eigenvalue weighted by atomic mass is 10.1. The van der Waals surface area contributed by atoms with Crippen molar-refractivity contribution < 1.29 is 14.3 Å². The second-order valence-corrected chi connectivity index (χ2v) is 6.10. The molecule has 23 heavy (non-hydrogen) atoms. The molecule has 5 nitrogen and oxygen atoms in total. The van der Waals surface area contributed by atoms with Gasteiger partial charge in [-0.1, -0.05) is 30.4 Å². The number of fused-ring (bicyclic) bond motifs is 1. The SMILES string of the molecule is Cc1c(C(C)NC(=O)N[C@@H]2C=C[C@H](CO)C2)oc2ccccc12. The Labute approximate surface area is 135 Å². The first-order valence-electron chi connectivity index (χ1n) is 7.92. The highest BCUT2D eigenvalue weighted by molar-refractivity contribution is 5.82. The zero-order valence-corrected chi connectivity index (χ0v) is 13.4. The topological polar surface area (TPSA) is 74.5 Å². The number of hydrogen-bond acceptors (Lipinski definition) is 3. The molecule has 2 aromatic rings. The van der Waals surface area contributed by atoms with E-state index >= 15 is 0 Å². The fourth-order valence-corrected chi connectivity index (χ4v) is 3.10. The van der Waals surface area contributed by atoms with Crippen LogP contribution in [0.25, 0.3) is 11.0 Å². The Balaban J connectivity index is 1.64. The fraction of sp³-hybridized carbons (Fsp3) is 0.389. The minimum atomic E-state index is -0.231. The van der Waals surface area contributed by atoms with Crippen molar-refractivity contribution in [3.05, 3.63) is 47.7 Å². The van der Waals surface area contributed by atoms with Gasteiger partial charge in [0, 0.05) is 29.5 Å². The van der Waals surface area contributed by atoms with Gasteiger partial charge in [0.25, 0.3) is 0 Å². The van der Waals surface area contributed by atoms with Gasteiger partial charge in [0.2, 0.25) is 0 Å².